The van der Waals surface area contributed by atoms with Gasteiger partial charge in [-0.1, -0.05) is 0 Å². The van der Waals surface area contributed by atoms with Crippen molar-refractivity contribution in [2.24, 2.45) is 5.84 Å². The van der Waals surface area contributed by atoms with Gasteiger partial charge < -0.3 is 10.2 Å². The second-order valence-electron chi connectivity index (χ2n) is 4.44. The molecule has 0 saturated carbocycles. The molecule has 0 unspecified atom stereocenters. The Kier molecular flexibility index (Phi) is 3.60. The van der Waals surface area contributed by atoms with Gasteiger partial charge in [-0.15, -0.1) is 0 Å². The molecule has 2 aromatic rings. The van der Waals surface area contributed by atoms with E-state index in [0.29, 0.717) is 38.0 Å². The molecule has 0 atom stereocenters. The minimum atomic E-state index is 0.0241. The van der Waals surface area contributed by atoms with Crippen LogP contribution >= 0.6 is 0 Å². The number of amides is 1. The highest BCUT2D eigenvalue weighted by atomic mass is 16.1. The Balaban J connectivity index is 1.94. The fraction of sp³-hybridized carbons (Fsp3) is 0.364. The minimum absolute atomic E-state index is 0.0241. The molecule has 1 saturated heterocycles. The normalized spacial score (nSPS) is 15.5. The van der Waals surface area contributed by atoms with Gasteiger partial charge in [-0.2, -0.15) is 20.1 Å². The van der Waals surface area contributed by atoms with E-state index in [0.717, 1.165) is 0 Å². The van der Waals surface area contributed by atoms with Crippen molar-refractivity contribution >= 4 is 17.8 Å². The van der Waals surface area contributed by atoms with E-state index in [4.69, 9.17) is 5.84 Å². The molecule has 1 aliphatic heterocycles. The summed E-state index contributed by atoms with van der Waals surface area (Å²) in [4.78, 5) is 26.1. The number of nitrogen functional groups attached to an aromatic ring is 1. The molecule has 4 N–H and O–H groups in total. The molecule has 0 aliphatic carbocycles. The molecule has 21 heavy (non-hydrogen) atoms. The number of rotatable bonds is 3. The van der Waals surface area contributed by atoms with Crippen molar-refractivity contribution in [3.8, 4) is 5.95 Å². The molecule has 3 rings (SSSR count). The van der Waals surface area contributed by atoms with Crippen molar-refractivity contribution in [3.63, 3.8) is 0 Å². The van der Waals surface area contributed by atoms with Gasteiger partial charge in [0, 0.05) is 38.4 Å². The molecule has 10 nitrogen and oxygen atoms in total. The van der Waals surface area contributed by atoms with E-state index in [2.05, 4.69) is 30.8 Å². The first-order valence-corrected chi connectivity index (χ1v) is 6.50. The van der Waals surface area contributed by atoms with Crippen molar-refractivity contribution in [1.82, 2.24) is 30.0 Å². The van der Waals surface area contributed by atoms with E-state index < -0.39 is 0 Å². The van der Waals surface area contributed by atoms with E-state index >= 15 is 0 Å². The SMILES string of the molecule is NNc1nc(N2CCNC(=O)CC2)nc(-n2cccn2)n1. The zero-order valence-corrected chi connectivity index (χ0v) is 11.2. The lowest BCUT2D eigenvalue weighted by atomic mass is 10.4. The summed E-state index contributed by atoms with van der Waals surface area (Å²) >= 11 is 0. The third-order valence-electron chi connectivity index (χ3n) is 3.05. The molecule has 10 heteroatoms. The third-order valence-corrected chi connectivity index (χ3v) is 3.05. The lowest BCUT2D eigenvalue weighted by molar-refractivity contribution is -0.120. The standard InChI is InChI=1S/C11H15N9O/c12-18-9-15-10(19-6-2-8(21)13-4-7-19)17-11(16-9)20-5-1-3-14-20/h1,3,5H,2,4,6-7,12H2,(H,13,21)(H,15,16,17,18). The number of nitrogens with two attached hydrogens (primary N) is 1. The first-order valence-electron chi connectivity index (χ1n) is 6.50. The van der Waals surface area contributed by atoms with Crippen LogP contribution in [0.15, 0.2) is 18.5 Å². The smallest absolute Gasteiger partial charge is 0.257 e. The summed E-state index contributed by atoms with van der Waals surface area (Å²) < 4.78 is 1.52. The van der Waals surface area contributed by atoms with Crippen molar-refractivity contribution in [1.29, 1.82) is 0 Å². The number of aromatic nitrogens is 5. The van der Waals surface area contributed by atoms with Crippen molar-refractivity contribution < 1.29 is 4.79 Å². The van der Waals surface area contributed by atoms with Crippen molar-refractivity contribution in [3.05, 3.63) is 18.5 Å². The topological polar surface area (TPSA) is 127 Å². The summed E-state index contributed by atoms with van der Waals surface area (Å²) in [6, 6.07) is 1.77. The molecule has 1 fully saturated rings. The highest BCUT2D eigenvalue weighted by molar-refractivity contribution is 5.77. The van der Waals surface area contributed by atoms with Gasteiger partial charge in [-0.3, -0.25) is 10.2 Å². The van der Waals surface area contributed by atoms with Crippen LogP contribution in [0, 0.1) is 0 Å². The Morgan fingerprint density at radius 2 is 2.10 bits per heavy atom. The van der Waals surface area contributed by atoms with Gasteiger partial charge in [0.15, 0.2) is 0 Å². The van der Waals surface area contributed by atoms with Crippen LogP contribution in [0.3, 0.4) is 0 Å². The van der Waals surface area contributed by atoms with Gasteiger partial charge in [0.1, 0.15) is 0 Å². The number of carbonyl (C=O) groups excluding carboxylic acids is 1. The van der Waals surface area contributed by atoms with Crippen LogP contribution in [0.1, 0.15) is 6.42 Å². The van der Waals surface area contributed by atoms with Crippen LogP contribution in [-0.4, -0.2) is 50.3 Å². The van der Waals surface area contributed by atoms with E-state index in [1.807, 2.05) is 4.90 Å². The van der Waals surface area contributed by atoms with E-state index in [1.165, 1.54) is 4.68 Å². The van der Waals surface area contributed by atoms with Crippen molar-refractivity contribution in [2.45, 2.75) is 6.42 Å². The Hall–Kier alpha value is -2.75. The van der Waals surface area contributed by atoms with Crippen LogP contribution < -0.4 is 21.5 Å². The minimum Gasteiger partial charge on any atom is -0.354 e. The second-order valence-corrected chi connectivity index (χ2v) is 4.44. The van der Waals surface area contributed by atoms with E-state index in [-0.39, 0.29) is 11.9 Å². The Morgan fingerprint density at radius 1 is 1.24 bits per heavy atom. The number of hydrogen-bond donors (Lipinski definition) is 3. The lowest BCUT2D eigenvalue weighted by Crippen LogP contribution is -2.30. The largest absolute Gasteiger partial charge is 0.354 e. The molecule has 0 spiro atoms. The molecule has 1 amide bonds. The molecule has 3 heterocycles. The van der Waals surface area contributed by atoms with Crippen LogP contribution in [-0.2, 0) is 4.79 Å². The summed E-state index contributed by atoms with van der Waals surface area (Å²) in [6.45, 7) is 1.71. The zero-order valence-electron chi connectivity index (χ0n) is 11.2. The maximum absolute atomic E-state index is 11.4. The molecular formula is C11H15N9O. The highest BCUT2D eigenvalue weighted by Gasteiger charge is 2.18. The van der Waals surface area contributed by atoms with Crippen LogP contribution in [0.4, 0.5) is 11.9 Å². The molecule has 0 radical (unpaired) electrons. The van der Waals surface area contributed by atoms with Gasteiger partial charge in [0.2, 0.25) is 17.8 Å². The number of hydrogen-bond acceptors (Lipinski definition) is 8. The van der Waals surface area contributed by atoms with Crippen LogP contribution in [0.2, 0.25) is 0 Å². The summed E-state index contributed by atoms with van der Waals surface area (Å²) in [5.74, 6) is 6.50. The zero-order chi connectivity index (χ0) is 14.7. The Labute approximate surface area is 120 Å². The average molecular weight is 289 g/mol. The third kappa shape index (κ3) is 2.89. The number of nitrogens with one attached hydrogen (secondary N) is 2. The van der Waals surface area contributed by atoms with Gasteiger partial charge >= 0.3 is 0 Å². The molecule has 110 valence electrons. The first kappa shape index (κ1) is 13.2. The summed E-state index contributed by atoms with van der Waals surface area (Å²) in [6.07, 6.45) is 3.76. The molecule has 0 bridgehead atoms. The number of hydrazine groups is 1. The fourth-order valence-electron chi connectivity index (χ4n) is 2.02. The molecule has 2 aromatic heterocycles. The fourth-order valence-corrected chi connectivity index (χ4v) is 2.02. The summed E-state index contributed by atoms with van der Waals surface area (Å²) in [7, 11) is 0. The quantitative estimate of drug-likeness (QED) is 0.468. The lowest BCUT2D eigenvalue weighted by Gasteiger charge is -2.20. The highest BCUT2D eigenvalue weighted by Crippen LogP contribution is 2.13. The monoisotopic (exact) mass is 289 g/mol. The summed E-state index contributed by atoms with van der Waals surface area (Å²) in [5, 5.41) is 6.89. The number of anilines is 2. The van der Waals surface area contributed by atoms with Gasteiger partial charge in [-0.25, -0.2) is 10.5 Å². The Bertz CT molecular complexity index is 627. The van der Waals surface area contributed by atoms with Crippen LogP contribution in [0.5, 0.6) is 0 Å². The number of carbonyl (C=O) groups is 1. The molecule has 0 aromatic carbocycles. The van der Waals surface area contributed by atoms with Gasteiger partial charge in [0.05, 0.1) is 0 Å². The summed E-state index contributed by atoms with van der Waals surface area (Å²) in [5.41, 5.74) is 2.42. The predicted molar refractivity (Wildman–Crippen MR) is 74.6 cm³/mol. The average Bonchev–Trinajstić information content (AvgIpc) is 2.96. The first-order chi connectivity index (χ1) is 10.3. The van der Waals surface area contributed by atoms with E-state index in [9.17, 15) is 4.79 Å². The maximum Gasteiger partial charge on any atom is 0.257 e. The molecule has 1 aliphatic rings. The van der Waals surface area contributed by atoms with Gasteiger partial charge in [-0.05, 0) is 6.07 Å². The second kappa shape index (κ2) is 5.71. The van der Waals surface area contributed by atoms with Gasteiger partial charge in [0.25, 0.3) is 5.95 Å². The molecular weight excluding hydrogens is 274 g/mol. The van der Waals surface area contributed by atoms with E-state index in [1.54, 1.807) is 18.5 Å². The van der Waals surface area contributed by atoms with Crippen molar-refractivity contribution in [2.75, 3.05) is 30.0 Å². The number of nitrogens with zero attached hydrogens (tertiary/aromatic N) is 6. The maximum atomic E-state index is 11.4. The Morgan fingerprint density at radius 3 is 2.86 bits per heavy atom. The van der Waals surface area contributed by atoms with Crippen LogP contribution in [0.25, 0.3) is 5.95 Å². The predicted octanol–water partition coefficient (Wildman–Crippen LogP) is -1.33.